The van der Waals surface area contributed by atoms with Gasteiger partial charge in [-0.05, 0) is 72.5 Å². The van der Waals surface area contributed by atoms with Gasteiger partial charge >= 0.3 is 0 Å². The molecule has 0 bridgehead atoms. The van der Waals surface area contributed by atoms with Crippen molar-refractivity contribution >= 4 is 45.0 Å². The summed E-state index contributed by atoms with van der Waals surface area (Å²) in [6, 6.07) is 0. The number of carbonyl (C=O) groups is 2. The highest BCUT2D eigenvalue weighted by Gasteiger charge is 2.68. The van der Waals surface area contributed by atoms with Crippen LogP contribution in [0.3, 0.4) is 0 Å². The summed E-state index contributed by atoms with van der Waals surface area (Å²) in [7, 11) is -9.91. The summed E-state index contributed by atoms with van der Waals surface area (Å²) >= 11 is 0. The molecule has 0 aromatic heterocycles. The molecule has 0 spiro atoms. The van der Waals surface area contributed by atoms with Crippen molar-refractivity contribution in [2.24, 2.45) is 0 Å². The predicted octanol–water partition coefficient (Wildman–Crippen LogP) is 8.75. The van der Waals surface area contributed by atoms with Crippen LogP contribution in [-0.2, 0) is 32.0 Å². The molecular formula is C34H71NO7Si4. The van der Waals surface area contributed by atoms with E-state index < -0.39 is 63.4 Å². The predicted molar refractivity (Wildman–Crippen MR) is 199 cm³/mol. The molecule has 0 aromatic rings. The van der Waals surface area contributed by atoms with Crippen LogP contribution in [0.25, 0.3) is 0 Å². The van der Waals surface area contributed by atoms with Gasteiger partial charge < -0.3 is 27.8 Å². The van der Waals surface area contributed by atoms with Crippen molar-refractivity contribution in [1.82, 2.24) is 5.32 Å². The summed E-state index contributed by atoms with van der Waals surface area (Å²) in [6.07, 6.45) is -2.96. The molecular weight excluding hydrogens is 647 g/mol. The second-order valence-corrected chi connectivity index (χ2v) is 39.0. The molecule has 0 saturated carbocycles. The lowest BCUT2D eigenvalue weighted by Gasteiger charge is -2.59. The van der Waals surface area contributed by atoms with E-state index in [2.05, 4.69) is 141 Å². The Balaban J connectivity index is 3.00. The largest absolute Gasteiger partial charge is 0.414 e. The van der Waals surface area contributed by atoms with Gasteiger partial charge in [0, 0.05) is 12.8 Å². The van der Waals surface area contributed by atoms with E-state index in [9.17, 15) is 9.59 Å². The summed E-state index contributed by atoms with van der Waals surface area (Å²) in [6.45, 7) is 44.3. The molecule has 12 heteroatoms. The van der Waals surface area contributed by atoms with Crippen LogP contribution in [-0.4, -0.2) is 81.7 Å². The third-order valence-corrected chi connectivity index (χ3v) is 30.1. The van der Waals surface area contributed by atoms with Crippen LogP contribution < -0.4 is 5.32 Å². The van der Waals surface area contributed by atoms with Crippen LogP contribution >= 0.6 is 0 Å². The van der Waals surface area contributed by atoms with Gasteiger partial charge in [-0.3, -0.25) is 9.59 Å². The maximum absolute atomic E-state index is 14.8. The van der Waals surface area contributed by atoms with E-state index in [-0.39, 0.29) is 51.3 Å². The molecule has 2 aliphatic heterocycles. The first-order chi connectivity index (χ1) is 20.1. The van der Waals surface area contributed by atoms with E-state index >= 15 is 0 Å². The van der Waals surface area contributed by atoms with Gasteiger partial charge in [0.25, 0.3) is 0 Å². The summed E-state index contributed by atoms with van der Waals surface area (Å²) in [5.41, 5.74) is -1.58. The highest BCUT2D eigenvalue weighted by atomic mass is 28.4. The van der Waals surface area contributed by atoms with Gasteiger partial charge in [0.2, 0.25) is 5.91 Å². The number of hydrogen-bond acceptors (Lipinski definition) is 7. The molecule has 2 rings (SSSR count). The molecule has 2 heterocycles. The Morgan fingerprint density at radius 1 is 0.674 bits per heavy atom. The lowest BCUT2D eigenvalue weighted by atomic mass is 9.81. The summed E-state index contributed by atoms with van der Waals surface area (Å²) in [4.78, 5) is 28.1. The SMILES string of the molecule is CC(C)(C)[Si](C)(C)OC[C@H]1O[C@@H]2NC(=O)CCC(=O)[C@]2(O[Si](C)(C)C(C)(C)C)[C@@H](O[Si](C)(C)C(C)(C)C)[C@@H]1O[Si](C)(C)C(C)(C)C. The zero-order valence-electron chi connectivity index (χ0n) is 33.3. The van der Waals surface area contributed by atoms with Gasteiger partial charge in [0.15, 0.2) is 50.9 Å². The van der Waals surface area contributed by atoms with Crippen molar-refractivity contribution in [1.29, 1.82) is 0 Å². The third-order valence-electron chi connectivity index (χ3n) is 12.2. The second kappa shape index (κ2) is 13.2. The highest BCUT2D eigenvalue weighted by molar-refractivity contribution is 6.75. The Bertz CT molecular complexity index is 1110. The standard InChI is InChI=1S/C34H71NO7Si4/c1-30(2,3)43(13,14)38-23-24-27(40-44(15,16)31(4,5)6)28(41-45(17,18)32(7,8)9)34(42-46(19,20)33(10,11)12)25(36)21-22-26(37)35-29(34)39-24/h24,27-29H,21-23H2,1-20H3,(H,35,37)/t24-,27-,28+,29+,34+/m1/s1. The average molecular weight is 718 g/mol. The molecule has 1 N–H and O–H groups in total. The Labute approximate surface area is 286 Å². The summed E-state index contributed by atoms with van der Waals surface area (Å²) in [5.74, 6) is -0.380. The van der Waals surface area contributed by atoms with Crippen molar-refractivity contribution in [2.75, 3.05) is 6.61 Å². The average Bonchev–Trinajstić information content (AvgIpc) is 2.92. The zero-order chi connectivity index (χ0) is 36.3. The van der Waals surface area contributed by atoms with Gasteiger partial charge in [-0.15, -0.1) is 0 Å². The number of amides is 1. The van der Waals surface area contributed by atoms with Crippen LogP contribution in [0, 0.1) is 0 Å². The van der Waals surface area contributed by atoms with Crippen LogP contribution in [0.2, 0.25) is 72.5 Å². The Morgan fingerprint density at radius 3 is 1.54 bits per heavy atom. The Hall–Kier alpha value is -0.192. The molecule has 5 atom stereocenters. The summed E-state index contributed by atoms with van der Waals surface area (Å²) in [5, 5.41) is 2.59. The molecule has 0 radical (unpaired) electrons. The molecule has 1 amide bonds. The molecule has 0 aromatic carbocycles. The minimum Gasteiger partial charge on any atom is -0.414 e. The van der Waals surface area contributed by atoms with E-state index in [4.69, 9.17) is 22.4 Å². The number of hydrogen-bond donors (Lipinski definition) is 1. The lowest BCUT2D eigenvalue weighted by Crippen LogP contribution is -2.78. The Morgan fingerprint density at radius 2 is 1.11 bits per heavy atom. The molecule has 2 saturated heterocycles. The minimum atomic E-state index is -2.66. The van der Waals surface area contributed by atoms with Crippen molar-refractivity contribution in [3.05, 3.63) is 0 Å². The monoisotopic (exact) mass is 717 g/mol. The number of ether oxygens (including phenoxy) is 1. The van der Waals surface area contributed by atoms with Crippen molar-refractivity contribution in [3.8, 4) is 0 Å². The maximum Gasteiger partial charge on any atom is 0.222 e. The summed E-state index contributed by atoms with van der Waals surface area (Å²) < 4.78 is 36.0. The lowest BCUT2D eigenvalue weighted by molar-refractivity contribution is -0.257. The fourth-order valence-electron chi connectivity index (χ4n) is 4.72. The number of nitrogens with one attached hydrogen (secondary N) is 1. The Kier molecular flexibility index (Phi) is 12.0. The first-order valence-corrected chi connectivity index (χ1v) is 28.9. The van der Waals surface area contributed by atoms with Gasteiger partial charge in [-0.2, -0.15) is 0 Å². The number of fused-ring (bicyclic) bond motifs is 1. The quantitative estimate of drug-likeness (QED) is 0.239. The first kappa shape index (κ1) is 42.0. The molecule has 2 fully saturated rings. The van der Waals surface area contributed by atoms with Gasteiger partial charge in [-0.25, -0.2) is 0 Å². The second-order valence-electron chi connectivity index (χ2n) is 19.9. The molecule has 0 aliphatic carbocycles. The fourth-order valence-corrected chi connectivity index (χ4v) is 9.83. The van der Waals surface area contributed by atoms with E-state index in [1.54, 1.807) is 0 Å². The van der Waals surface area contributed by atoms with Crippen LogP contribution in [0.5, 0.6) is 0 Å². The van der Waals surface area contributed by atoms with Crippen molar-refractivity contribution in [3.63, 3.8) is 0 Å². The third kappa shape index (κ3) is 8.57. The smallest absolute Gasteiger partial charge is 0.222 e. The van der Waals surface area contributed by atoms with Crippen LogP contribution in [0.15, 0.2) is 0 Å². The molecule has 270 valence electrons. The normalized spacial score (nSPS) is 28.1. The van der Waals surface area contributed by atoms with Crippen LogP contribution in [0.4, 0.5) is 0 Å². The minimum absolute atomic E-state index is 0.0177. The topological polar surface area (TPSA) is 92.3 Å². The number of carbonyl (C=O) groups excluding carboxylic acids is 2. The molecule has 2 aliphatic rings. The van der Waals surface area contributed by atoms with E-state index in [1.807, 2.05) is 0 Å². The van der Waals surface area contributed by atoms with E-state index in [0.717, 1.165) is 0 Å². The van der Waals surface area contributed by atoms with E-state index in [0.29, 0.717) is 0 Å². The molecule has 8 nitrogen and oxygen atoms in total. The number of Topliss-reactive ketones (excluding diaryl/α,β-unsaturated/α-hetero) is 1. The van der Waals surface area contributed by atoms with Crippen LogP contribution in [0.1, 0.15) is 95.9 Å². The van der Waals surface area contributed by atoms with Gasteiger partial charge in [0.05, 0.1) is 6.61 Å². The maximum atomic E-state index is 14.8. The van der Waals surface area contributed by atoms with Crippen molar-refractivity contribution < 1.29 is 32.0 Å². The van der Waals surface area contributed by atoms with E-state index in [1.165, 1.54) is 0 Å². The molecule has 46 heavy (non-hydrogen) atoms. The first-order valence-electron chi connectivity index (χ1n) is 17.3. The van der Waals surface area contributed by atoms with Crippen molar-refractivity contribution in [2.45, 2.75) is 199 Å². The number of ketones is 1. The fraction of sp³-hybridized carbons (Fsp3) is 0.941. The van der Waals surface area contributed by atoms with Gasteiger partial charge in [0.1, 0.15) is 18.3 Å². The van der Waals surface area contributed by atoms with Gasteiger partial charge in [-0.1, -0.05) is 83.1 Å². The highest BCUT2D eigenvalue weighted by Crippen LogP contribution is 2.50. The molecule has 0 unspecified atom stereocenters. The zero-order valence-corrected chi connectivity index (χ0v) is 37.3. The number of rotatable bonds is 9.